The number of hydrogen-bond acceptors (Lipinski definition) is 8. The van der Waals surface area contributed by atoms with E-state index in [1.807, 2.05) is 17.0 Å². The molecule has 0 amide bonds. The SMILES string of the molecule is COc1ccc(S(=O)(=O)NC2=NCN(Cc3ccco3)CN2)cc1OC. The summed E-state index contributed by atoms with van der Waals surface area (Å²) in [6, 6.07) is 8.07. The number of furan rings is 1. The molecule has 1 aromatic carbocycles. The summed E-state index contributed by atoms with van der Waals surface area (Å²) in [4.78, 5) is 6.24. The highest BCUT2D eigenvalue weighted by Crippen LogP contribution is 2.29. The van der Waals surface area contributed by atoms with Crippen LogP contribution in [-0.4, -0.2) is 46.8 Å². The van der Waals surface area contributed by atoms with Crippen LogP contribution in [0.25, 0.3) is 0 Å². The average molecular weight is 380 g/mol. The van der Waals surface area contributed by atoms with Crippen LogP contribution in [0.2, 0.25) is 0 Å². The molecular formula is C16H20N4O5S. The number of aliphatic imine (C=N–C) groups is 1. The molecule has 0 atom stereocenters. The Balaban J connectivity index is 1.67. The number of methoxy groups -OCH3 is 2. The number of ether oxygens (including phenoxy) is 2. The normalized spacial score (nSPS) is 15.1. The topological polar surface area (TPSA) is 105 Å². The zero-order valence-corrected chi connectivity index (χ0v) is 15.2. The second-order valence-electron chi connectivity index (χ2n) is 5.51. The maximum atomic E-state index is 12.5. The summed E-state index contributed by atoms with van der Waals surface area (Å²) in [6.07, 6.45) is 1.61. The first kappa shape index (κ1) is 18.1. The third-order valence-corrected chi connectivity index (χ3v) is 5.09. The van der Waals surface area contributed by atoms with Crippen LogP contribution in [0.5, 0.6) is 11.5 Å². The first-order valence-electron chi connectivity index (χ1n) is 7.80. The maximum Gasteiger partial charge on any atom is 0.264 e. The van der Waals surface area contributed by atoms with Gasteiger partial charge in [-0.1, -0.05) is 0 Å². The maximum absolute atomic E-state index is 12.5. The molecular weight excluding hydrogens is 360 g/mol. The monoisotopic (exact) mass is 380 g/mol. The molecule has 2 N–H and O–H groups in total. The van der Waals surface area contributed by atoms with Crippen molar-refractivity contribution in [2.24, 2.45) is 4.99 Å². The predicted molar refractivity (Wildman–Crippen MR) is 94.4 cm³/mol. The number of nitrogens with zero attached hydrogens (tertiary/aromatic N) is 2. The van der Waals surface area contributed by atoms with Crippen LogP contribution >= 0.6 is 0 Å². The van der Waals surface area contributed by atoms with Gasteiger partial charge >= 0.3 is 0 Å². The molecule has 10 heteroatoms. The second kappa shape index (κ2) is 7.67. The lowest BCUT2D eigenvalue weighted by atomic mass is 10.3. The molecule has 2 aromatic rings. The summed E-state index contributed by atoms with van der Waals surface area (Å²) < 4.78 is 43.1. The first-order chi connectivity index (χ1) is 12.5. The number of rotatable bonds is 6. The van der Waals surface area contributed by atoms with E-state index >= 15 is 0 Å². The predicted octanol–water partition coefficient (Wildman–Crippen LogP) is 0.951. The van der Waals surface area contributed by atoms with E-state index in [9.17, 15) is 8.42 Å². The fourth-order valence-electron chi connectivity index (χ4n) is 2.43. The van der Waals surface area contributed by atoms with Crippen LogP contribution in [0.3, 0.4) is 0 Å². The summed E-state index contributed by atoms with van der Waals surface area (Å²) >= 11 is 0. The molecule has 2 heterocycles. The van der Waals surface area contributed by atoms with E-state index in [-0.39, 0.29) is 10.9 Å². The molecule has 0 unspecified atom stereocenters. The molecule has 0 fully saturated rings. The van der Waals surface area contributed by atoms with Crippen LogP contribution in [0, 0.1) is 0 Å². The van der Waals surface area contributed by atoms with E-state index in [4.69, 9.17) is 13.9 Å². The number of sulfonamides is 1. The number of nitrogens with one attached hydrogen (secondary N) is 2. The molecule has 1 aromatic heterocycles. The molecule has 26 heavy (non-hydrogen) atoms. The zero-order valence-electron chi connectivity index (χ0n) is 14.4. The van der Waals surface area contributed by atoms with E-state index < -0.39 is 10.0 Å². The van der Waals surface area contributed by atoms with Gasteiger partial charge in [0.2, 0.25) is 5.96 Å². The fourth-order valence-corrected chi connectivity index (χ4v) is 3.45. The lowest BCUT2D eigenvalue weighted by Crippen LogP contribution is -2.49. The number of hydrogen-bond donors (Lipinski definition) is 2. The van der Waals surface area contributed by atoms with Crippen LogP contribution in [0.15, 0.2) is 50.9 Å². The first-order valence-corrected chi connectivity index (χ1v) is 9.28. The second-order valence-corrected chi connectivity index (χ2v) is 7.20. The fraction of sp³-hybridized carbons (Fsp3) is 0.312. The van der Waals surface area contributed by atoms with E-state index in [1.54, 1.807) is 6.26 Å². The van der Waals surface area contributed by atoms with Crippen LogP contribution in [0.4, 0.5) is 0 Å². The van der Waals surface area contributed by atoms with Gasteiger partial charge in [0.05, 0.1) is 45.3 Å². The van der Waals surface area contributed by atoms with Crippen LogP contribution in [0.1, 0.15) is 5.76 Å². The van der Waals surface area contributed by atoms with Gasteiger partial charge < -0.3 is 19.2 Å². The van der Waals surface area contributed by atoms with Gasteiger partial charge in [-0.25, -0.2) is 18.1 Å². The molecule has 9 nitrogen and oxygen atoms in total. The van der Waals surface area contributed by atoms with Gasteiger partial charge in [0.25, 0.3) is 10.0 Å². The Morgan fingerprint density at radius 1 is 1.27 bits per heavy atom. The molecule has 0 radical (unpaired) electrons. The lowest BCUT2D eigenvalue weighted by Gasteiger charge is -2.26. The van der Waals surface area contributed by atoms with Gasteiger partial charge in [-0.05, 0) is 24.3 Å². The molecule has 1 aliphatic heterocycles. The largest absolute Gasteiger partial charge is 0.493 e. The average Bonchev–Trinajstić information content (AvgIpc) is 3.15. The van der Waals surface area contributed by atoms with E-state index in [2.05, 4.69) is 15.0 Å². The Bertz CT molecular complexity index is 880. The van der Waals surface area contributed by atoms with Crippen molar-refractivity contribution in [2.75, 3.05) is 27.6 Å². The van der Waals surface area contributed by atoms with Crippen molar-refractivity contribution in [3.8, 4) is 11.5 Å². The Hall–Kier alpha value is -2.72. The van der Waals surface area contributed by atoms with Crippen molar-refractivity contribution < 1.29 is 22.3 Å². The van der Waals surface area contributed by atoms with Crippen LogP contribution in [-0.2, 0) is 16.6 Å². The third-order valence-electron chi connectivity index (χ3n) is 3.75. The summed E-state index contributed by atoms with van der Waals surface area (Å²) in [6.45, 7) is 1.37. The highest BCUT2D eigenvalue weighted by molar-refractivity contribution is 7.90. The van der Waals surface area contributed by atoms with Gasteiger partial charge in [-0.15, -0.1) is 0 Å². The van der Waals surface area contributed by atoms with Crippen molar-refractivity contribution >= 4 is 16.0 Å². The van der Waals surface area contributed by atoms with Crippen molar-refractivity contribution in [3.05, 3.63) is 42.4 Å². The van der Waals surface area contributed by atoms with Crippen molar-refractivity contribution in [2.45, 2.75) is 11.4 Å². The van der Waals surface area contributed by atoms with Crippen molar-refractivity contribution in [3.63, 3.8) is 0 Å². The molecule has 0 spiro atoms. The van der Waals surface area contributed by atoms with Crippen molar-refractivity contribution in [1.29, 1.82) is 0 Å². The molecule has 140 valence electrons. The minimum atomic E-state index is -3.80. The van der Waals surface area contributed by atoms with E-state index in [1.165, 1.54) is 32.4 Å². The summed E-state index contributed by atoms with van der Waals surface area (Å²) in [5, 5.41) is 2.95. The Kier molecular flexibility index (Phi) is 5.33. The number of benzene rings is 1. The summed E-state index contributed by atoms with van der Waals surface area (Å²) in [5.41, 5.74) is 0. The quantitative estimate of drug-likeness (QED) is 0.769. The third kappa shape index (κ3) is 4.09. The smallest absolute Gasteiger partial charge is 0.264 e. The Labute approximate surface area is 151 Å². The minimum Gasteiger partial charge on any atom is -0.493 e. The standard InChI is InChI=1S/C16H20N4O5S/c1-23-14-6-5-13(8-15(14)24-2)26(21,22)19-16-17-10-20(11-18-16)9-12-4-3-7-25-12/h3-8H,9-11H2,1-2H3,(H2,17,18,19). The highest BCUT2D eigenvalue weighted by atomic mass is 32.2. The Morgan fingerprint density at radius 2 is 2.08 bits per heavy atom. The van der Waals surface area contributed by atoms with Gasteiger partial charge in [-0.3, -0.25) is 4.90 Å². The van der Waals surface area contributed by atoms with E-state index in [0.717, 1.165) is 5.76 Å². The van der Waals surface area contributed by atoms with Gasteiger partial charge in [-0.2, -0.15) is 0 Å². The minimum absolute atomic E-state index is 0.0534. The molecule has 0 saturated heterocycles. The zero-order chi connectivity index (χ0) is 18.6. The van der Waals surface area contributed by atoms with Gasteiger partial charge in [0, 0.05) is 6.07 Å². The van der Waals surface area contributed by atoms with Crippen molar-refractivity contribution in [1.82, 2.24) is 14.9 Å². The number of guanidine groups is 1. The van der Waals surface area contributed by atoms with E-state index in [0.29, 0.717) is 31.4 Å². The lowest BCUT2D eigenvalue weighted by molar-refractivity contribution is 0.235. The summed E-state index contributed by atoms with van der Waals surface area (Å²) in [5.74, 6) is 1.79. The Morgan fingerprint density at radius 3 is 2.69 bits per heavy atom. The van der Waals surface area contributed by atoms with Gasteiger partial charge in [0.15, 0.2) is 11.5 Å². The summed E-state index contributed by atoms with van der Waals surface area (Å²) in [7, 11) is -0.869. The molecule has 0 saturated carbocycles. The van der Waals surface area contributed by atoms with Crippen LogP contribution < -0.4 is 19.5 Å². The molecule has 0 aliphatic carbocycles. The molecule has 0 bridgehead atoms. The molecule has 1 aliphatic rings. The molecule has 3 rings (SSSR count). The highest BCUT2D eigenvalue weighted by Gasteiger charge is 2.21. The van der Waals surface area contributed by atoms with Gasteiger partial charge in [0.1, 0.15) is 5.76 Å².